The Hall–Kier alpha value is -3.21. The van der Waals surface area contributed by atoms with Gasteiger partial charge in [0.15, 0.2) is 0 Å². The van der Waals surface area contributed by atoms with E-state index in [1.807, 2.05) is 54.6 Å². The van der Waals surface area contributed by atoms with E-state index in [1.54, 1.807) is 29.5 Å². The fourth-order valence-electron chi connectivity index (χ4n) is 2.91. The van der Waals surface area contributed by atoms with Crippen molar-refractivity contribution in [1.29, 1.82) is 0 Å². The second kappa shape index (κ2) is 9.53. The van der Waals surface area contributed by atoms with E-state index in [9.17, 15) is 4.79 Å². The monoisotopic (exact) mass is 430 g/mol. The minimum absolute atomic E-state index is 0.138. The largest absolute Gasteiger partial charge is 0.348 e. The summed E-state index contributed by atoms with van der Waals surface area (Å²) in [5.74, 6) is -0.138. The number of thiazole rings is 1. The van der Waals surface area contributed by atoms with Gasteiger partial charge in [0.05, 0.1) is 5.69 Å². The third-order valence-electron chi connectivity index (χ3n) is 4.54. The normalized spacial score (nSPS) is 11.0. The summed E-state index contributed by atoms with van der Waals surface area (Å²) in [7, 11) is 0. The number of halogens is 1. The summed E-state index contributed by atoms with van der Waals surface area (Å²) >= 11 is 7.49. The number of nitrogens with zero attached hydrogens (tertiary/aromatic N) is 1. The van der Waals surface area contributed by atoms with E-state index >= 15 is 0 Å². The highest BCUT2D eigenvalue weighted by atomic mass is 35.5. The van der Waals surface area contributed by atoms with Gasteiger partial charge in [-0.15, -0.1) is 11.3 Å². The Morgan fingerprint density at radius 3 is 2.40 bits per heavy atom. The zero-order valence-corrected chi connectivity index (χ0v) is 17.7. The molecular formula is C25H19ClN2OS. The van der Waals surface area contributed by atoms with Gasteiger partial charge in [-0.2, -0.15) is 0 Å². The minimum atomic E-state index is -0.138. The molecule has 1 heterocycles. The molecule has 1 amide bonds. The Balaban J connectivity index is 1.34. The topological polar surface area (TPSA) is 42.0 Å². The number of carbonyl (C=O) groups is 1. The lowest BCUT2D eigenvalue weighted by Gasteiger charge is -2.04. The fourth-order valence-corrected chi connectivity index (χ4v) is 3.87. The Labute approximate surface area is 184 Å². The van der Waals surface area contributed by atoms with Crippen LogP contribution in [0.15, 0.2) is 90.3 Å². The molecule has 0 unspecified atom stereocenters. The molecule has 0 saturated carbocycles. The summed E-state index contributed by atoms with van der Waals surface area (Å²) < 4.78 is 0. The van der Waals surface area contributed by atoms with Crippen LogP contribution >= 0.6 is 22.9 Å². The molecule has 1 N–H and O–H groups in total. The van der Waals surface area contributed by atoms with E-state index in [0.29, 0.717) is 11.6 Å². The van der Waals surface area contributed by atoms with Crippen LogP contribution in [-0.4, -0.2) is 10.9 Å². The average molecular weight is 431 g/mol. The first-order valence-corrected chi connectivity index (χ1v) is 10.7. The van der Waals surface area contributed by atoms with Crippen molar-refractivity contribution in [2.24, 2.45) is 0 Å². The summed E-state index contributed by atoms with van der Waals surface area (Å²) in [6.45, 7) is 0.469. The number of benzene rings is 3. The SMILES string of the molecule is O=C(/C=C/c1ccc(Cl)cc1)NCc1ccc(-c2nc(-c3ccccc3)cs2)cc1. The fraction of sp³-hybridized carbons (Fsp3) is 0.0400. The van der Waals surface area contributed by atoms with Crippen LogP contribution in [0.5, 0.6) is 0 Å². The van der Waals surface area contributed by atoms with Crippen molar-refractivity contribution in [1.82, 2.24) is 10.3 Å². The lowest BCUT2D eigenvalue weighted by atomic mass is 10.1. The van der Waals surface area contributed by atoms with Crippen molar-refractivity contribution < 1.29 is 4.79 Å². The van der Waals surface area contributed by atoms with Crippen molar-refractivity contribution in [3.05, 3.63) is 106 Å². The minimum Gasteiger partial charge on any atom is -0.348 e. The lowest BCUT2D eigenvalue weighted by Crippen LogP contribution is -2.20. The zero-order valence-electron chi connectivity index (χ0n) is 16.1. The van der Waals surface area contributed by atoms with Crippen LogP contribution in [0, 0.1) is 0 Å². The second-order valence-corrected chi connectivity index (χ2v) is 8.00. The summed E-state index contributed by atoms with van der Waals surface area (Å²) in [5, 5.41) is 6.63. The highest BCUT2D eigenvalue weighted by Crippen LogP contribution is 2.28. The molecule has 30 heavy (non-hydrogen) atoms. The van der Waals surface area contributed by atoms with Gasteiger partial charge in [-0.3, -0.25) is 4.79 Å². The molecular weight excluding hydrogens is 412 g/mol. The third-order valence-corrected chi connectivity index (χ3v) is 5.68. The van der Waals surface area contributed by atoms with E-state index in [-0.39, 0.29) is 5.91 Å². The number of carbonyl (C=O) groups excluding carboxylic acids is 1. The molecule has 4 aromatic rings. The van der Waals surface area contributed by atoms with Crippen molar-refractivity contribution in [2.45, 2.75) is 6.54 Å². The van der Waals surface area contributed by atoms with Gasteiger partial charge in [-0.1, -0.05) is 78.3 Å². The molecule has 1 aromatic heterocycles. The van der Waals surface area contributed by atoms with Gasteiger partial charge in [-0.25, -0.2) is 4.98 Å². The maximum Gasteiger partial charge on any atom is 0.244 e. The number of hydrogen-bond donors (Lipinski definition) is 1. The molecule has 0 spiro atoms. The van der Waals surface area contributed by atoms with E-state index < -0.39 is 0 Å². The maximum atomic E-state index is 12.1. The first-order chi connectivity index (χ1) is 14.7. The molecule has 0 aliphatic heterocycles. The van der Waals surface area contributed by atoms with E-state index in [2.05, 4.69) is 22.8 Å². The van der Waals surface area contributed by atoms with Crippen LogP contribution in [-0.2, 0) is 11.3 Å². The number of hydrogen-bond acceptors (Lipinski definition) is 3. The number of amides is 1. The second-order valence-electron chi connectivity index (χ2n) is 6.70. The molecule has 0 aliphatic carbocycles. The summed E-state index contributed by atoms with van der Waals surface area (Å²) in [6, 6.07) is 25.6. The van der Waals surface area contributed by atoms with Gasteiger partial charge in [0.1, 0.15) is 5.01 Å². The maximum absolute atomic E-state index is 12.1. The van der Waals surface area contributed by atoms with Crippen LogP contribution in [0.25, 0.3) is 27.9 Å². The lowest BCUT2D eigenvalue weighted by molar-refractivity contribution is -0.116. The third kappa shape index (κ3) is 5.23. The number of nitrogens with one attached hydrogen (secondary N) is 1. The van der Waals surface area contributed by atoms with E-state index in [0.717, 1.165) is 33.0 Å². The molecule has 3 aromatic carbocycles. The average Bonchev–Trinajstić information content (AvgIpc) is 3.29. The molecule has 0 aliphatic rings. The highest BCUT2D eigenvalue weighted by Gasteiger charge is 2.06. The summed E-state index contributed by atoms with van der Waals surface area (Å²) in [5.41, 5.74) is 5.13. The molecule has 4 rings (SSSR count). The van der Waals surface area contributed by atoms with Crippen molar-refractivity contribution >= 4 is 34.9 Å². The molecule has 148 valence electrons. The molecule has 5 heteroatoms. The van der Waals surface area contributed by atoms with Crippen LogP contribution in [0.4, 0.5) is 0 Å². The van der Waals surface area contributed by atoms with Gasteiger partial charge >= 0.3 is 0 Å². The van der Waals surface area contributed by atoms with Crippen molar-refractivity contribution in [2.75, 3.05) is 0 Å². The molecule has 3 nitrogen and oxygen atoms in total. The van der Waals surface area contributed by atoms with Gasteiger partial charge in [0.25, 0.3) is 0 Å². The highest BCUT2D eigenvalue weighted by molar-refractivity contribution is 7.13. The Morgan fingerprint density at radius 1 is 0.933 bits per heavy atom. The van der Waals surface area contributed by atoms with Crippen LogP contribution < -0.4 is 5.32 Å². The van der Waals surface area contributed by atoms with Crippen LogP contribution in [0.1, 0.15) is 11.1 Å². The van der Waals surface area contributed by atoms with Gasteiger partial charge < -0.3 is 5.32 Å². The van der Waals surface area contributed by atoms with E-state index in [1.165, 1.54) is 6.08 Å². The Morgan fingerprint density at radius 2 is 1.67 bits per heavy atom. The first kappa shape index (κ1) is 20.1. The van der Waals surface area contributed by atoms with Crippen molar-refractivity contribution in [3.8, 4) is 21.8 Å². The summed E-state index contributed by atoms with van der Waals surface area (Å²) in [4.78, 5) is 16.8. The smallest absolute Gasteiger partial charge is 0.244 e. The number of aromatic nitrogens is 1. The molecule has 0 radical (unpaired) electrons. The Bertz CT molecular complexity index is 1150. The molecule has 0 fully saturated rings. The first-order valence-electron chi connectivity index (χ1n) is 9.49. The summed E-state index contributed by atoms with van der Waals surface area (Å²) in [6.07, 6.45) is 3.29. The van der Waals surface area contributed by atoms with E-state index in [4.69, 9.17) is 16.6 Å². The molecule has 0 saturated heterocycles. The molecule has 0 bridgehead atoms. The predicted molar refractivity (Wildman–Crippen MR) is 125 cm³/mol. The van der Waals surface area contributed by atoms with Gasteiger partial charge in [0.2, 0.25) is 5.91 Å². The van der Waals surface area contributed by atoms with Crippen molar-refractivity contribution in [3.63, 3.8) is 0 Å². The molecule has 0 atom stereocenters. The standard InChI is InChI=1S/C25H19ClN2OS/c26-22-13-8-18(9-14-22)10-15-24(29)27-16-19-6-11-21(12-7-19)25-28-23(17-30-25)20-4-2-1-3-5-20/h1-15,17H,16H2,(H,27,29)/b15-10+. The van der Waals surface area contributed by atoms with Gasteiger partial charge in [-0.05, 0) is 29.3 Å². The van der Waals surface area contributed by atoms with Crippen LogP contribution in [0.3, 0.4) is 0 Å². The van der Waals surface area contributed by atoms with Crippen LogP contribution in [0.2, 0.25) is 5.02 Å². The van der Waals surface area contributed by atoms with Gasteiger partial charge in [0, 0.05) is 34.2 Å². The zero-order chi connectivity index (χ0) is 20.8. The predicted octanol–water partition coefficient (Wildman–Crippen LogP) is 6.46. The number of rotatable bonds is 6. The quantitative estimate of drug-likeness (QED) is 0.356. The Kier molecular flexibility index (Phi) is 6.38.